The molecule has 1 heterocycles. The number of anilines is 1. The van der Waals surface area contributed by atoms with Crippen LogP contribution in [0.3, 0.4) is 0 Å². The smallest absolute Gasteiger partial charge is 0.257 e. The zero-order chi connectivity index (χ0) is 19.9. The highest BCUT2D eigenvalue weighted by Gasteiger charge is 2.12. The lowest BCUT2D eigenvalue weighted by Crippen LogP contribution is -2.19. The van der Waals surface area contributed by atoms with Crippen molar-refractivity contribution in [2.24, 2.45) is 5.10 Å². The van der Waals surface area contributed by atoms with Crippen molar-refractivity contribution in [1.82, 2.24) is 15.6 Å². The molecule has 0 aliphatic rings. The number of carbonyl (C=O) groups excluding carboxylic acids is 2. The first-order valence-corrected chi connectivity index (χ1v) is 8.85. The third-order valence-corrected chi connectivity index (χ3v) is 4.28. The van der Waals surface area contributed by atoms with Gasteiger partial charge in [0.05, 0.1) is 12.6 Å². The number of phenols is 2. The van der Waals surface area contributed by atoms with E-state index in [1.807, 2.05) is 6.07 Å². The summed E-state index contributed by atoms with van der Waals surface area (Å²) in [7, 11) is 0. The molecule has 0 saturated carbocycles. The maximum absolute atomic E-state index is 12.1. The van der Waals surface area contributed by atoms with E-state index in [-0.39, 0.29) is 29.0 Å². The highest BCUT2D eigenvalue weighted by Crippen LogP contribution is 2.20. The van der Waals surface area contributed by atoms with E-state index in [9.17, 15) is 19.8 Å². The molecule has 10 heteroatoms. The normalized spacial score (nSPS) is 10.7. The van der Waals surface area contributed by atoms with Gasteiger partial charge in [-0.05, 0) is 24.3 Å². The maximum Gasteiger partial charge on any atom is 0.257 e. The molecule has 0 saturated heterocycles. The zero-order valence-corrected chi connectivity index (χ0v) is 15.2. The standard InChI is InChI=1S/C18H15N5O4S/c24-13-7-6-12(14(25)8-13)10-19-21-15(26)9-16-22-23-18(28-16)20-17(27)11-4-2-1-3-5-11/h1-8,10,24-25H,9H2,(H,21,26)(H,20,23,27)/b19-10-. The Morgan fingerprint density at radius 1 is 1.11 bits per heavy atom. The fourth-order valence-corrected chi connectivity index (χ4v) is 2.86. The Bertz CT molecular complexity index is 1020. The Morgan fingerprint density at radius 3 is 2.64 bits per heavy atom. The first-order chi connectivity index (χ1) is 13.5. The quantitative estimate of drug-likeness (QED) is 0.370. The summed E-state index contributed by atoms with van der Waals surface area (Å²) in [5.74, 6) is -0.997. The van der Waals surface area contributed by atoms with E-state index in [1.54, 1.807) is 24.3 Å². The number of aromatic nitrogens is 2. The molecule has 1 aromatic heterocycles. The van der Waals surface area contributed by atoms with Crippen molar-refractivity contribution in [1.29, 1.82) is 0 Å². The van der Waals surface area contributed by atoms with Crippen molar-refractivity contribution in [3.05, 3.63) is 64.7 Å². The number of hydrogen-bond acceptors (Lipinski definition) is 8. The van der Waals surface area contributed by atoms with Crippen LogP contribution in [0, 0.1) is 0 Å². The third kappa shape index (κ3) is 5.11. The van der Waals surface area contributed by atoms with Gasteiger partial charge in [0.2, 0.25) is 11.0 Å². The monoisotopic (exact) mass is 397 g/mol. The zero-order valence-electron chi connectivity index (χ0n) is 14.4. The average molecular weight is 397 g/mol. The van der Waals surface area contributed by atoms with E-state index in [4.69, 9.17) is 0 Å². The number of amides is 2. The van der Waals surface area contributed by atoms with Crippen LogP contribution in [0.1, 0.15) is 20.9 Å². The van der Waals surface area contributed by atoms with Gasteiger partial charge in [-0.25, -0.2) is 5.43 Å². The Morgan fingerprint density at radius 2 is 1.89 bits per heavy atom. The van der Waals surface area contributed by atoms with Gasteiger partial charge in [-0.15, -0.1) is 10.2 Å². The largest absolute Gasteiger partial charge is 0.508 e. The molecular formula is C18H15N5O4S. The minimum absolute atomic E-state index is 0.0717. The Labute approximate surface area is 163 Å². The first kappa shape index (κ1) is 19.0. The second kappa shape index (κ2) is 8.73. The molecule has 0 radical (unpaired) electrons. The van der Waals surface area contributed by atoms with E-state index in [2.05, 4.69) is 26.0 Å². The number of nitrogens with one attached hydrogen (secondary N) is 2. The number of aromatic hydroxyl groups is 2. The molecule has 3 aromatic rings. The average Bonchev–Trinajstić information content (AvgIpc) is 3.11. The summed E-state index contributed by atoms with van der Waals surface area (Å²) in [5, 5.41) is 33.6. The lowest BCUT2D eigenvalue weighted by molar-refractivity contribution is -0.120. The van der Waals surface area contributed by atoms with E-state index in [1.165, 1.54) is 18.3 Å². The third-order valence-electron chi connectivity index (χ3n) is 3.44. The molecule has 0 aliphatic carbocycles. The molecule has 142 valence electrons. The Hall–Kier alpha value is -3.79. The van der Waals surface area contributed by atoms with Gasteiger partial charge in [-0.1, -0.05) is 29.5 Å². The van der Waals surface area contributed by atoms with E-state index >= 15 is 0 Å². The Kier molecular flexibility index (Phi) is 5.92. The molecule has 0 spiro atoms. The summed E-state index contributed by atoms with van der Waals surface area (Å²) in [6.07, 6.45) is 1.18. The predicted octanol–water partition coefficient (Wildman–Crippen LogP) is 1.89. The van der Waals surface area contributed by atoms with E-state index in [0.29, 0.717) is 16.1 Å². The molecular weight excluding hydrogens is 382 g/mol. The minimum atomic E-state index is -0.438. The van der Waals surface area contributed by atoms with Crippen LogP contribution in [-0.2, 0) is 11.2 Å². The van der Waals surface area contributed by atoms with Crippen LogP contribution < -0.4 is 10.7 Å². The fraction of sp³-hybridized carbons (Fsp3) is 0.0556. The molecule has 0 atom stereocenters. The second-order valence-electron chi connectivity index (χ2n) is 5.53. The van der Waals surface area contributed by atoms with Crippen LogP contribution in [0.5, 0.6) is 11.5 Å². The van der Waals surface area contributed by atoms with E-state index < -0.39 is 5.91 Å². The number of carbonyl (C=O) groups is 2. The highest BCUT2D eigenvalue weighted by molar-refractivity contribution is 7.15. The highest BCUT2D eigenvalue weighted by atomic mass is 32.1. The lowest BCUT2D eigenvalue weighted by Gasteiger charge is -2.00. The number of nitrogens with zero attached hydrogens (tertiary/aromatic N) is 3. The summed E-state index contributed by atoms with van der Waals surface area (Å²) in [6.45, 7) is 0. The summed E-state index contributed by atoms with van der Waals surface area (Å²) in [5.41, 5.74) is 3.13. The van der Waals surface area contributed by atoms with Crippen molar-refractivity contribution in [2.45, 2.75) is 6.42 Å². The van der Waals surface area contributed by atoms with Crippen molar-refractivity contribution in [3.63, 3.8) is 0 Å². The molecule has 0 aliphatic heterocycles. The van der Waals surface area contributed by atoms with Gasteiger partial charge in [0.1, 0.15) is 16.5 Å². The molecule has 9 nitrogen and oxygen atoms in total. The van der Waals surface area contributed by atoms with Gasteiger partial charge in [0.25, 0.3) is 5.91 Å². The van der Waals surface area contributed by atoms with Crippen LogP contribution >= 0.6 is 11.3 Å². The summed E-state index contributed by atoms with van der Waals surface area (Å²) in [4.78, 5) is 24.0. The van der Waals surface area contributed by atoms with E-state index in [0.717, 1.165) is 17.4 Å². The molecule has 0 unspecified atom stereocenters. The van der Waals surface area contributed by atoms with Gasteiger partial charge >= 0.3 is 0 Å². The number of phenolic OH excluding ortho intramolecular Hbond substituents is 2. The van der Waals surface area contributed by atoms with Crippen LogP contribution in [-0.4, -0.2) is 38.4 Å². The molecule has 0 fully saturated rings. The van der Waals surface area contributed by atoms with Gasteiger partial charge in [0.15, 0.2) is 0 Å². The Balaban J connectivity index is 1.52. The van der Waals surface area contributed by atoms with Gasteiger partial charge < -0.3 is 10.2 Å². The van der Waals surface area contributed by atoms with Crippen LogP contribution in [0.2, 0.25) is 0 Å². The van der Waals surface area contributed by atoms with Gasteiger partial charge in [-0.2, -0.15) is 5.10 Å². The van der Waals surface area contributed by atoms with Crippen molar-refractivity contribution in [2.75, 3.05) is 5.32 Å². The van der Waals surface area contributed by atoms with Gasteiger partial charge in [0, 0.05) is 17.2 Å². The van der Waals surface area contributed by atoms with Crippen molar-refractivity contribution < 1.29 is 19.8 Å². The molecule has 3 rings (SSSR count). The number of benzene rings is 2. The van der Waals surface area contributed by atoms with Crippen LogP contribution in [0.4, 0.5) is 5.13 Å². The number of hydrogen-bond donors (Lipinski definition) is 4. The topological polar surface area (TPSA) is 137 Å². The fourth-order valence-electron chi connectivity index (χ4n) is 2.13. The molecule has 28 heavy (non-hydrogen) atoms. The van der Waals surface area contributed by atoms with Gasteiger partial charge in [-0.3, -0.25) is 14.9 Å². The number of rotatable bonds is 6. The maximum atomic E-state index is 12.1. The summed E-state index contributed by atoms with van der Waals surface area (Å²) in [6, 6.07) is 12.7. The molecule has 0 bridgehead atoms. The molecule has 4 N–H and O–H groups in total. The molecule has 2 amide bonds. The number of hydrazone groups is 1. The first-order valence-electron chi connectivity index (χ1n) is 8.04. The van der Waals surface area contributed by atoms with Crippen molar-refractivity contribution in [3.8, 4) is 11.5 Å². The summed E-state index contributed by atoms with van der Waals surface area (Å²) < 4.78 is 0. The second-order valence-corrected chi connectivity index (χ2v) is 6.60. The predicted molar refractivity (Wildman–Crippen MR) is 104 cm³/mol. The van der Waals surface area contributed by atoms with Crippen molar-refractivity contribution >= 4 is 34.5 Å². The minimum Gasteiger partial charge on any atom is -0.508 e. The lowest BCUT2D eigenvalue weighted by atomic mass is 10.2. The van der Waals surface area contributed by atoms with Crippen LogP contribution in [0.25, 0.3) is 0 Å². The van der Waals surface area contributed by atoms with Crippen LogP contribution in [0.15, 0.2) is 53.6 Å². The SMILES string of the molecule is O=C(Cc1nnc(NC(=O)c2ccccc2)s1)N/N=C\c1ccc(O)cc1O. The molecule has 2 aromatic carbocycles. The summed E-state index contributed by atoms with van der Waals surface area (Å²) >= 11 is 1.08.